The molecule has 6 heteroatoms. The Morgan fingerprint density at radius 1 is 0.280 bits per heavy atom. The number of hydrogen-bond acceptors (Lipinski definition) is 6. The van der Waals surface area contributed by atoms with Crippen LogP contribution in [0.5, 0.6) is 0 Å². The second-order valence-corrected chi connectivity index (χ2v) is 20.9. The Balaban J connectivity index is 4.39. The van der Waals surface area contributed by atoms with Crippen molar-refractivity contribution in [3.05, 3.63) is 97.2 Å². The normalized spacial score (nSPS) is 12.7. The summed E-state index contributed by atoms with van der Waals surface area (Å²) >= 11 is 0. The van der Waals surface area contributed by atoms with Gasteiger partial charge in [-0.1, -0.05) is 285 Å². The number of carbonyl (C=O) groups excluding carboxylic acids is 3. The first kappa shape index (κ1) is 71.3. The minimum Gasteiger partial charge on any atom is -0.462 e. The lowest BCUT2D eigenvalue weighted by Crippen LogP contribution is -2.30. The van der Waals surface area contributed by atoms with Crippen molar-refractivity contribution < 1.29 is 28.6 Å². The lowest BCUT2D eigenvalue weighted by molar-refractivity contribution is -0.167. The zero-order valence-electron chi connectivity index (χ0n) is 49.3. The van der Waals surface area contributed by atoms with Crippen molar-refractivity contribution in [3.63, 3.8) is 0 Å². The van der Waals surface area contributed by atoms with Gasteiger partial charge in [0.25, 0.3) is 0 Å². The third-order valence-electron chi connectivity index (χ3n) is 13.6. The molecule has 75 heavy (non-hydrogen) atoms. The van der Waals surface area contributed by atoms with E-state index in [1.54, 1.807) is 0 Å². The Morgan fingerprint density at radius 3 is 0.813 bits per heavy atom. The van der Waals surface area contributed by atoms with E-state index in [9.17, 15) is 14.4 Å². The van der Waals surface area contributed by atoms with Crippen LogP contribution in [0.2, 0.25) is 0 Å². The molecule has 0 bridgehead atoms. The van der Waals surface area contributed by atoms with Crippen molar-refractivity contribution in [3.8, 4) is 0 Å². The minimum atomic E-state index is -0.790. The summed E-state index contributed by atoms with van der Waals surface area (Å²) in [5.41, 5.74) is 0. The summed E-state index contributed by atoms with van der Waals surface area (Å²) in [6.45, 7) is 6.42. The van der Waals surface area contributed by atoms with E-state index >= 15 is 0 Å². The molecular formula is C69H118O6. The summed E-state index contributed by atoms with van der Waals surface area (Å²) < 4.78 is 16.9. The van der Waals surface area contributed by atoms with Crippen molar-refractivity contribution in [2.24, 2.45) is 0 Å². The minimum absolute atomic E-state index is 0.0873. The van der Waals surface area contributed by atoms with Crippen LogP contribution in [0.15, 0.2) is 97.2 Å². The molecule has 1 atom stereocenters. The molecular weight excluding hydrogens is 925 g/mol. The monoisotopic (exact) mass is 1040 g/mol. The molecule has 430 valence electrons. The Labute approximate surface area is 464 Å². The van der Waals surface area contributed by atoms with Gasteiger partial charge in [0.05, 0.1) is 0 Å². The fraction of sp³-hybridized carbons (Fsp3) is 0.725. The molecule has 0 radical (unpaired) electrons. The average molecular weight is 1040 g/mol. The smallest absolute Gasteiger partial charge is 0.306 e. The molecule has 0 rings (SSSR count). The molecule has 0 aromatic heterocycles. The number of esters is 3. The lowest BCUT2D eigenvalue weighted by atomic mass is 10.0. The second-order valence-electron chi connectivity index (χ2n) is 20.9. The number of allylic oxidation sites excluding steroid dienone is 16. The van der Waals surface area contributed by atoms with Crippen LogP contribution in [0.3, 0.4) is 0 Å². The maximum atomic E-state index is 12.9. The van der Waals surface area contributed by atoms with Gasteiger partial charge >= 0.3 is 17.9 Å². The highest BCUT2D eigenvalue weighted by Crippen LogP contribution is 2.17. The van der Waals surface area contributed by atoms with Crippen LogP contribution in [0.4, 0.5) is 0 Å². The SMILES string of the molecule is CC/C=C\C/C=C\C/C=C\C/C=C\C/C=C\CCCCCCCCCC(=O)OCC(COC(=O)CCCCCCC/C=C\C/C=C\C/C=C\CC)OC(=O)CCCCCCCCCCCCCCCCCCCCC. The van der Waals surface area contributed by atoms with Crippen LogP contribution in [0, 0.1) is 0 Å². The maximum Gasteiger partial charge on any atom is 0.306 e. The lowest BCUT2D eigenvalue weighted by Gasteiger charge is -2.18. The second kappa shape index (κ2) is 62.9. The van der Waals surface area contributed by atoms with Crippen molar-refractivity contribution in [1.82, 2.24) is 0 Å². The van der Waals surface area contributed by atoms with Crippen LogP contribution < -0.4 is 0 Å². The van der Waals surface area contributed by atoms with Crippen LogP contribution in [0.25, 0.3) is 0 Å². The first-order chi connectivity index (χ1) is 37.0. The molecule has 0 heterocycles. The van der Waals surface area contributed by atoms with Crippen LogP contribution in [-0.2, 0) is 28.6 Å². The standard InChI is InChI=1S/C69H118O6/c1-4-7-10-13-16-19-22-25-28-30-32-33-34-35-37-38-41-44-47-50-53-56-59-62-68(71)74-65-66(64-73-67(70)61-58-55-52-49-46-43-40-27-24-21-18-15-12-9-6-3)75-69(72)63-60-57-54-51-48-45-42-39-36-31-29-26-23-20-17-14-11-8-5-2/h7,9-10,12,16,18-19,21,25,27-28,32-33,35,37,40,66H,4-6,8,11,13-15,17,20,22-24,26,29-31,34,36,38-39,41-65H2,1-3H3/b10-7-,12-9-,19-16-,21-18-,28-25-,33-32-,37-35-,40-27-. The molecule has 6 nitrogen and oxygen atoms in total. The van der Waals surface area contributed by atoms with Gasteiger partial charge in [-0.15, -0.1) is 0 Å². The molecule has 0 saturated carbocycles. The fourth-order valence-electron chi connectivity index (χ4n) is 8.90. The van der Waals surface area contributed by atoms with E-state index in [2.05, 4.69) is 118 Å². The van der Waals surface area contributed by atoms with E-state index in [-0.39, 0.29) is 31.1 Å². The molecule has 0 amide bonds. The molecule has 0 saturated heterocycles. The number of unbranched alkanes of at least 4 members (excludes halogenated alkanes) is 30. The molecule has 0 N–H and O–H groups in total. The maximum absolute atomic E-state index is 12.9. The summed E-state index contributed by atoms with van der Waals surface area (Å²) in [7, 11) is 0. The summed E-state index contributed by atoms with van der Waals surface area (Å²) in [6.07, 6.45) is 84.1. The summed E-state index contributed by atoms with van der Waals surface area (Å²) in [6, 6.07) is 0. The zero-order valence-corrected chi connectivity index (χ0v) is 49.3. The molecule has 0 aliphatic rings. The van der Waals surface area contributed by atoms with E-state index < -0.39 is 6.10 Å². The van der Waals surface area contributed by atoms with E-state index in [4.69, 9.17) is 14.2 Å². The first-order valence-corrected chi connectivity index (χ1v) is 31.7. The molecule has 1 unspecified atom stereocenters. The van der Waals surface area contributed by atoms with E-state index in [1.807, 2.05) is 0 Å². The third-order valence-corrected chi connectivity index (χ3v) is 13.6. The van der Waals surface area contributed by atoms with Crippen molar-refractivity contribution in [2.75, 3.05) is 13.2 Å². The van der Waals surface area contributed by atoms with Crippen LogP contribution in [0.1, 0.15) is 303 Å². The highest BCUT2D eigenvalue weighted by Gasteiger charge is 2.19. The Hall–Kier alpha value is -3.67. The Kier molecular flexibility index (Phi) is 59.8. The van der Waals surface area contributed by atoms with Gasteiger partial charge in [0, 0.05) is 19.3 Å². The van der Waals surface area contributed by atoms with Gasteiger partial charge < -0.3 is 14.2 Å². The quantitative estimate of drug-likeness (QED) is 0.0261. The zero-order chi connectivity index (χ0) is 54.3. The average Bonchev–Trinajstić information content (AvgIpc) is 3.41. The molecule has 0 aliphatic heterocycles. The van der Waals surface area contributed by atoms with Gasteiger partial charge in [-0.3, -0.25) is 14.4 Å². The van der Waals surface area contributed by atoms with Crippen LogP contribution in [-0.4, -0.2) is 37.2 Å². The highest BCUT2D eigenvalue weighted by atomic mass is 16.6. The first-order valence-electron chi connectivity index (χ1n) is 31.7. The summed E-state index contributed by atoms with van der Waals surface area (Å²) in [4.78, 5) is 38.3. The predicted molar refractivity (Wildman–Crippen MR) is 325 cm³/mol. The molecule has 0 fully saturated rings. The van der Waals surface area contributed by atoms with Gasteiger partial charge in [0.2, 0.25) is 0 Å². The van der Waals surface area contributed by atoms with Gasteiger partial charge in [0.15, 0.2) is 6.10 Å². The third kappa shape index (κ3) is 61.1. The largest absolute Gasteiger partial charge is 0.462 e. The Bertz CT molecular complexity index is 1480. The van der Waals surface area contributed by atoms with Gasteiger partial charge in [0.1, 0.15) is 13.2 Å². The van der Waals surface area contributed by atoms with Crippen LogP contribution >= 0.6 is 0 Å². The topological polar surface area (TPSA) is 78.9 Å². The predicted octanol–water partition coefficient (Wildman–Crippen LogP) is 21.7. The van der Waals surface area contributed by atoms with E-state index in [0.717, 1.165) is 135 Å². The van der Waals surface area contributed by atoms with Crippen molar-refractivity contribution in [1.29, 1.82) is 0 Å². The fourth-order valence-corrected chi connectivity index (χ4v) is 8.90. The molecule has 0 aromatic rings. The number of carbonyl (C=O) groups is 3. The molecule has 0 aliphatic carbocycles. The molecule has 0 aromatic carbocycles. The number of rotatable bonds is 57. The van der Waals surface area contributed by atoms with Crippen molar-refractivity contribution in [2.45, 2.75) is 309 Å². The van der Waals surface area contributed by atoms with Gasteiger partial charge in [-0.25, -0.2) is 0 Å². The highest BCUT2D eigenvalue weighted by molar-refractivity contribution is 5.71. The molecule has 0 spiro atoms. The summed E-state index contributed by atoms with van der Waals surface area (Å²) in [5.74, 6) is -0.902. The van der Waals surface area contributed by atoms with Gasteiger partial charge in [-0.05, 0) is 96.3 Å². The number of hydrogen-bond donors (Lipinski definition) is 0. The number of ether oxygens (including phenoxy) is 3. The van der Waals surface area contributed by atoms with Gasteiger partial charge in [-0.2, -0.15) is 0 Å². The Morgan fingerprint density at radius 2 is 0.520 bits per heavy atom. The van der Waals surface area contributed by atoms with E-state index in [1.165, 1.54) is 128 Å². The van der Waals surface area contributed by atoms with E-state index in [0.29, 0.717) is 19.3 Å². The van der Waals surface area contributed by atoms with Crippen molar-refractivity contribution >= 4 is 17.9 Å². The summed E-state index contributed by atoms with van der Waals surface area (Å²) in [5, 5.41) is 0.